The van der Waals surface area contributed by atoms with E-state index in [4.69, 9.17) is 5.73 Å². The van der Waals surface area contributed by atoms with E-state index in [1.54, 1.807) is 6.20 Å². The van der Waals surface area contributed by atoms with Gasteiger partial charge in [0.25, 0.3) is 0 Å². The van der Waals surface area contributed by atoms with E-state index in [0.29, 0.717) is 12.3 Å². The summed E-state index contributed by atoms with van der Waals surface area (Å²) in [7, 11) is 0. The number of aromatic nitrogens is 1. The number of hydrogen-bond donors (Lipinski definition) is 2. The van der Waals surface area contributed by atoms with Crippen LogP contribution in [0.15, 0.2) is 24.4 Å². The number of aliphatic hydroxyl groups is 1. The third-order valence-corrected chi connectivity index (χ3v) is 4.40. The lowest BCUT2D eigenvalue weighted by molar-refractivity contribution is -0.0125. The molecule has 0 radical (unpaired) electrons. The Bertz CT molecular complexity index is 372. The predicted octanol–water partition coefficient (Wildman–Crippen LogP) is 3.19. The van der Waals surface area contributed by atoms with Crippen molar-refractivity contribution < 1.29 is 5.11 Å². The van der Waals surface area contributed by atoms with Crippen molar-refractivity contribution in [3.8, 4) is 0 Å². The molecular weight excluding hydrogens is 236 g/mol. The van der Waals surface area contributed by atoms with Crippen LogP contribution < -0.4 is 5.73 Å². The molecular formula is C16H26N2O. The van der Waals surface area contributed by atoms with Gasteiger partial charge in [-0.15, -0.1) is 0 Å². The topological polar surface area (TPSA) is 59.1 Å². The third kappa shape index (κ3) is 3.77. The SMILES string of the molecule is CCC(c1ccccn1)C(N)(O)CC1CCCCC1. The molecule has 19 heavy (non-hydrogen) atoms. The van der Waals surface area contributed by atoms with E-state index in [1.807, 2.05) is 18.2 Å². The van der Waals surface area contributed by atoms with Crippen LogP contribution in [0.1, 0.15) is 63.5 Å². The molecule has 3 heteroatoms. The van der Waals surface area contributed by atoms with Crippen LogP contribution in [0.4, 0.5) is 0 Å². The molecule has 1 aliphatic carbocycles. The zero-order valence-corrected chi connectivity index (χ0v) is 11.9. The van der Waals surface area contributed by atoms with Crippen LogP contribution in [0.2, 0.25) is 0 Å². The molecule has 2 unspecified atom stereocenters. The highest BCUT2D eigenvalue weighted by Gasteiger charge is 2.36. The zero-order valence-electron chi connectivity index (χ0n) is 11.9. The highest BCUT2D eigenvalue weighted by atomic mass is 16.3. The van der Waals surface area contributed by atoms with Crippen molar-refractivity contribution in [3.05, 3.63) is 30.1 Å². The zero-order chi connectivity index (χ0) is 13.7. The number of hydrogen-bond acceptors (Lipinski definition) is 3. The van der Waals surface area contributed by atoms with E-state index in [-0.39, 0.29) is 5.92 Å². The van der Waals surface area contributed by atoms with E-state index in [2.05, 4.69) is 11.9 Å². The highest BCUT2D eigenvalue weighted by Crippen LogP contribution is 2.36. The summed E-state index contributed by atoms with van der Waals surface area (Å²) < 4.78 is 0. The molecule has 2 atom stereocenters. The second kappa shape index (κ2) is 6.49. The fraction of sp³-hybridized carbons (Fsp3) is 0.688. The normalized spacial score (nSPS) is 21.8. The Hall–Kier alpha value is -0.930. The van der Waals surface area contributed by atoms with Crippen LogP contribution in [0, 0.1) is 5.92 Å². The van der Waals surface area contributed by atoms with E-state index in [1.165, 1.54) is 32.1 Å². The highest BCUT2D eigenvalue weighted by molar-refractivity contribution is 5.13. The first-order valence-corrected chi connectivity index (χ1v) is 7.55. The molecule has 0 aliphatic heterocycles. The van der Waals surface area contributed by atoms with Gasteiger partial charge in [0, 0.05) is 17.8 Å². The molecule has 0 aromatic carbocycles. The van der Waals surface area contributed by atoms with Crippen molar-refractivity contribution in [2.75, 3.05) is 0 Å². The Balaban J connectivity index is 2.07. The summed E-state index contributed by atoms with van der Waals surface area (Å²) in [6.07, 6.45) is 9.59. The van der Waals surface area contributed by atoms with Crippen molar-refractivity contribution in [2.24, 2.45) is 11.7 Å². The fourth-order valence-electron chi connectivity index (χ4n) is 3.40. The maximum Gasteiger partial charge on any atom is 0.122 e. The number of pyridine rings is 1. The van der Waals surface area contributed by atoms with Gasteiger partial charge in [-0.05, 0) is 30.9 Å². The van der Waals surface area contributed by atoms with Gasteiger partial charge in [0.15, 0.2) is 0 Å². The summed E-state index contributed by atoms with van der Waals surface area (Å²) in [5, 5.41) is 10.7. The quantitative estimate of drug-likeness (QED) is 0.801. The number of nitrogens with zero attached hydrogens (tertiary/aromatic N) is 1. The van der Waals surface area contributed by atoms with Crippen LogP contribution in [-0.4, -0.2) is 15.8 Å². The smallest absolute Gasteiger partial charge is 0.122 e. The summed E-state index contributed by atoms with van der Waals surface area (Å²) in [6, 6.07) is 5.82. The van der Waals surface area contributed by atoms with Gasteiger partial charge in [0.05, 0.1) is 0 Å². The summed E-state index contributed by atoms with van der Waals surface area (Å²) in [6.45, 7) is 2.07. The second-order valence-corrected chi connectivity index (χ2v) is 5.91. The molecule has 1 heterocycles. The van der Waals surface area contributed by atoms with Gasteiger partial charge in [-0.3, -0.25) is 4.98 Å². The molecule has 0 spiro atoms. The van der Waals surface area contributed by atoms with Gasteiger partial charge in [-0.1, -0.05) is 45.1 Å². The molecule has 106 valence electrons. The van der Waals surface area contributed by atoms with Crippen molar-refractivity contribution >= 4 is 0 Å². The average Bonchev–Trinajstić information content (AvgIpc) is 2.41. The third-order valence-electron chi connectivity index (χ3n) is 4.40. The summed E-state index contributed by atoms with van der Waals surface area (Å²) >= 11 is 0. The van der Waals surface area contributed by atoms with Crippen molar-refractivity contribution in [2.45, 2.75) is 63.5 Å². The molecule has 1 aliphatic rings. The second-order valence-electron chi connectivity index (χ2n) is 5.91. The lowest BCUT2D eigenvalue weighted by Gasteiger charge is -2.36. The lowest BCUT2D eigenvalue weighted by Crippen LogP contribution is -2.47. The van der Waals surface area contributed by atoms with E-state index >= 15 is 0 Å². The molecule has 0 bridgehead atoms. The Morgan fingerprint density at radius 2 is 2.11 bits per heavy atom. The van der Waals surface area contributed by atoms with Crippen molar-refractivity contribution in [1.82, 2.24) is 4.98 Å². The molecule has 1 saturated carbocycles. The Kier molecular flexibility index (Phi) is 4.94. The van der Waals surface area contributed by atoms with E-state index in [0.717, 1.165) is 12.1 Å². The van der Waals surface area contributed by atoms with Gasteiger partial charge in [-0.2, -0.15) is 0 Å². The maximum atomic E-state index is 10.7. The first kappa shape index (κ1) is 14.5. The van der Waals surface area contributed by atoms with Gasteiger partial charge < -0.3 is 10.8 Å². The Labute approximate surface area is 116 Å². The van der Waals surface area contributed by atoms with Crippen LogP contribution in [0.25, 0.3) is 0 Å². The lowest BCUT2D eigenvalue weighted by atomic mass is 9.78. The maximum absolute atomic E-state index is 10.7. The van der Waals surface area contributed by atoms with Gasteiger partial charge >= 0.3 is 0 Å². The molecule has 2 rings (SSSR count). The fourth-order valence-corrected chi connectivity index (χ4v) is 3.40. The molecule has 1 aromatic rings. The first-order valence-electron chi connectivity index (χ1n) is 7.55. The number of rotatable bonds is 5. The first-order chi connectivity index (χ1) is 9.13. The molecule has 0 amide bonds. The Morgan fingerprint density at radius 3 is 2.68 bits per heavy atom. The minimum Gasteiger partial charge on any atom is -0.375 e. The molecule has 3 nitrogen and oxygen atoms in total. The standard InChI is InChI=1S/C16H26N2O/c1-2-14(15-10-6-7-11-18-15)16(17,19)12-13-8-4-3-5-9-13/h6-7,10-11,13-14,19H,2-5,8-9,12,17H2,1H3. The number of nitrogens with two attached hydrogens (primary N) is 1. The minimum absolute atomic E-state index is 0.0735. The predicted molar refractivity (Wildman–Crippen MR) is 77.6 cm³/mol. The van der Waals surface area contributed by atoms with E-state index in [9.17, 15) is 5.11 Å². The van der Waals surface area contributed by atoms with Crippen LogP contribution >= 0.6 is 0 Å². The molecule has 1 aromatic heterocycles. The van der Waals surface area contributed by atoms with Crippen LogP contribution in [0.3, 0.4) is 0 Å². The van der Waals surface area contributed by atoms with Gasteiger partial charge in [-0.25, -0.2) is 0 Å². The molecule has 0 saturated heterocycles. The summed E-state index contributed by atoms with van der Waals surface area (Å²) in [5.41, 5.74) is 6.02. The molecule has 1 fully saturated rings. The van der Waals surface area contributed by atoms with Crippen molar-refractivity contribution in [1.29, 1.82) is 0 Å². The minimum atomic E-state index is -1.13. The Morgan fingerprint density at radius 1 is 1.37 bits per heavy atom. The van der Waals surface area contributed by atoms with Crippen LogP contribution in [-0.2, 0) is 0 Å². The van der Waals surface area contributed by atoms with E-state index < -0.39 is 5.72 Å². The van der Waals surface area contributed by atoms with Crippen LogP contribution in [0.5, 0.6) is 0 Å². The summed E-state index contributed by atoms with van der Waals surface area (Å²) in [5.74, 6) is 0.497. The van der Waals surface area contributed by atoms with Crippen molar-refractivity contribution in [3.63, 3.8) is 0 Å². The summed E-state index contributed by atoms with van der Waals surface area (Å²) in [4.78, 5) is 4.37. The van der Waals surface area contributed by atoms with Gasteiger partial charge in [0.1, 0.15) is 5.72 Å². The largest absolute Gasteiger partial charge is 0.375 e. The van der Waals surface area contributed by atoms with Gasteiger partial charge in [0.2, 0.25) is 0 Å². The molecule has 3 N–H and O–H groups in total. The average molecular weight is 262 g/mol. The monoisotopic (exact) mass is 262 g/mol.